The second-order valence-electron chi connectivity index (χ2n) is 5.27. The predicted octanol–water partition coefficient (Wildman–Crippen LogP) is 1.15. The van der Waals surface area contributed by atoms with Crippen LogP contribution in [0.3, 0.4) is 0 Å². The maximum atomic E-state index is 12.7. The zero-order valence-electron chi connectivity index (χ0n) is 12.0. The summed E-state index contributed by atoms with van der Waals surface area (Å²) in [4.78, 5) is 0.278. The van der Waals surface area contributed by atoms with Gasteiger partial charge in [-0.25, -0.2) is 8.42 Å². The van der Waals surface area contributed by atoms with Gasteiger partial charge in [0.05, 0.1) is 23.7 Å². The fraction of sp³-hybridized carbons (Fsp3) is 0.571. The number of aliphatic hydroxyl groups excluding tert-OH is 1. The summed E-state index contributed by atoms with van der Waals surface area (Å²) in [6, 6.07) is 6.54. The molecule has 0 amide bonds. The third-order valence-corrected chi connectivity index (χ3v) is 5.72. The van der Waals surface area contributed by atoms with Crippen LogP contribution < -0.4 is 0 Å². The summed E-state index contributed by atoms with van der Waals surface area (Å²) < 4.78 is 32.4. The SMILES string of the molecule is Cc1ccc(S(=O)(=O)N2C[C@H](CO)O[C@@H](C)[C@H]2C)cc1. The van der Waals surface area contributed by atoms with Gasteiger partial charge in [0.15, 0.2) is 0 Å². The van der Waals surface area contributed by atoms with E-state index in [0.29, 0.717) is 0 Å². The Kier molecular flexibility index (Phi) is 4.49. The highest BCUT2D eigenvalue weighted by molar-refractivity contribution is 7.89. The Labute approximate surface area is 120 Å². The molecule has 1 N–H and O–H groups in total. The van der Waals surface area contributed by atoms with Crippen molar-refractivity contribution in [2.75, 3.05) is 13.2 Å². The van der Waals surface area contributed by atoms with E-state index in [0.717, 1.165) is 5.56 Å². The van der Waals surface area contributed by atoms with Crippen molar-refractivity contribution in [1.82, 2.24) is 4.31 Å². The highest BCUT2D eigenvalue weighted by Crippen LogP contribution is 2.25. The molecular formula is C14H21NO4S. The Morgan fingerprint density at radius 2 is 1.90 bits per heavy atom. The first-order valence-electron chi connectivity index (χ1n) is 6.71. The summed E-state index contributed by atoms with van der Waals surface area (Å²) in [5.41, 5.74) is 1.01. The summed E-state index contributed by atoms with van der Waals surface area (Å²) in [6.07, 6.45) is -0.720. The van der Waals surface area contributed by atoms with Gasteiger partial charge < -0.3 is 9.84 Å². The molecule has 0 bridgehead atoms. The number of benzene rings is 1. The fourth-order valence-electron chi connectivity index (χ4n) is 2.32. The molecular weight excluding hydrogens is 278 g/mol. The Morgan fingerprint density at radius 1 is 1.30 bits per heavy atom. The minimum absolute atomic E-state index is 0.179. The Bertz CT molecular complexity index is 555. The molecule has 6 heteroatoms. The van der Waals surface area contributed by atoms with Gasteiger partial charge in [-0.15, -0.1) is 0 Å². The third kappa shape index (κ3) is 2.88. The van der Waals surface area contributed by atoms with E-state index in [1.165, 1.54) is 4.31 Å². The Balaban J connectivity index is 2.34. The number of morpholine rings is 1. The largest absolute Gasteiger partial charge is 0.394 e. The van der Waals surface area contributed by atoms with Crippen LogP contribution in [0.25, 0.3) is 0 Å². The summed E-state index contributed by atoms with van der Waals surface area (Å²) in [7, 11) is -3.56. The van der Waals surface area contributed by atoms with Crippen LogP contribution in [0.5, 0.6) is 0 Å². The van der Waals surface area contributed by atoms with Gasteiger partial charge in [-0.05, 0) is 32.9 Å². The van der Waals surface area contributed by atoms with Crippen molar-refractivity contribution in [3.63, 3.8) is 0 Å². The van der Waals surface area contributed by atoms with Crippen molar-refractivity contribution in [3.05, 3.63) is 29.8 Å². The van der Waals surface area contributed by atoms with Crippen molar-refractivity contribution < 1.29 is 18.3 Å². The molecule has 1 fully saturated rings. The second-order valence-corrected chi connectivity index (χ2v) is 7.16. The molecule has 1 heterocycles. The van der Waals surface area contributed by atoms with Crippen molar-refractivity contribution in [1.29, 1.82) is 0 Å². The molecule has 0 radical (unpaired) electrons. The van der Waals surface area contributed by atoms with Gasteiger partial charge in [0.25, 0.3) is 0 Å². The van der Waals surface area contributed by atoms with Crippen molar-refractivity contribution >= 4 is 10.0 Å². The molecule has 0 spiro atoms. The number of sulfonamides is 1. The molecule has 2 rings (SSSR count). The lowest BCUT2D eigenvalue weighted by Gasteiger charge is -2.40. The number of aliphatic hydroxyl groups is 1. The molecule has 5 nitrogen and oxygen atoms in total. The average Bonchev–Trinajstić information content (AvgIpc) is 2.42. The van der Waals surface area contributed by atoms with Gasteiger partial charge >= 0.3 is 0 Å². The zero-order valence-corrected chi connectivity index (χ0v) is 12.8. The molecule has 1 aliphatic heterocycles. The first-order chi connectivity index (χ1) is 9.36. The first-order valence-corrected chi connectivity index (χ1v) is 8.15. The standard InChI is InChI=1S/C14H21NO4S/c1-10-4-6-14(7-5-10)20(17,18)15-8-13(9-16)19-12(3)11(15)2/h4-7,11-13,16H,8-9H2,1-3H3/t11-,12+,13-/m1/s1. The number of ether oxygens (including phenoxy) is 1. The number of hydrogen-bond donors (Lipinski definition) is 1. The van der Waals surface area contributed by atoms with Gasteiger partial charge in [0.1, 0.15) is 0 Å². The van der Waals surface area contributed by atoms with Crippen molar-refractivity contribution in [3.8, 4) is 0 Å². The number of nitrogens with zero attached hydrogens (tertiary/aromatic N) is 1. The molecule has 1 aromatic carbocycles. The molecule has 0 unspecified atom stereocenters. The van der Waals surface area contributed by atoms with E-state index in [4.69, 9.17) is 4.74 Å². The van der Waals surface area contributed by atoms with Crippen LogP contribution in [0.1, 0.15) is 19.4 Å². The fourth-order valence-corrected chi connectivity index (χ4v) is 4.05. The van der Waals surface area contributed by atoms with Gasteiger partial charge in [-0.2, -0.15) is 4.31 Å². The van der Waals surface area contributed by atoms with Gasteiger partial charge in [-0.1, -0.05) is 17.7 Å². The molecule has 1 aliphatic rings. The van der Waals surface area contributed by atoms with Crippen molar-refractivity contribution in [2.24, 2.45) is 0 Å². The number of hydrogen-bond acceptors (Lipinski definition) is 4. The maximum absolute atomic E-state index is 12.7. The number of aryl methyl sites for hydroxylation is 1. The second kappa shape index (κ2) is 5.81. The summed E-state index contributed by atoms with van der Waals surface area (Å²) >= 11 is 0. The molecule has 20 heavy (non-hydrogen) atoms. The predicted molar refractivity (Wildman–Crippen MR) is 76.0 cm³/mol. The van der Waals surface area contributed by atoms with Crippen LogP contribution in [0.2, 0.25) is 0 Å². The normalized spacial score (nSPS) is 28.5. The van der Waals surface area contributed by atoms with E-state index in [9.17, 15) is 13.5 Å². The van der Waals surface area contributed by atoms with E-state index in [2.05, 4.69) is 0 Å². The Morgan fingerprint density at radius 3 is 2.45 bits per heavy atom. The lowest BCUT2D eigenvalue weighted by molar-refractivity contribution is -0.0981. The van der Waals surface area contributed by atoms with E-state index in [1.54, 1.807) is 24.3 Å². The quantitative estimate of drug-likeness (QED) is 0.909. The minimum Gasteiger partial charge on any atom is -0.394 e. The smallest absolute Gasteiger partial charge is 0.243 e. The minimum atomic E-state index is -3.56. The average molecular weight is 299 g/mol. The zero-order chi connectivity index (χ0) is 14.9. The summed E-state index contributed by atoms with van der Waals surface area (Å²) in [5, 5.41) is 9.24. The molecule has 0 saturated carbocycles. The van der Waals surface area contributed by atoms with Crippen LogP contribution in [0.4, 0.5) is 0 Å². The molecule has 112 valence electrons. The highest BCUT2D eigenvalue weighted by atomic mass is 32.2. The number of rotatable bonds is 3. The van der Waals surface area contributed by atoms with E-state index >= 15 is 0 Å². The van der Waals surface area contributed by atoms with Crippen LogP contribution in [0, 0.1) is 6.92 Å². The molecule has 1 saturated heterocycles. The van der Waals surface area contributed by atoms with E-state index in [1.807, 2.05) is 20.8 Å². The third-order valence-electron chi connectivity index (χ3n) is 3.76. The van der Waals surface area contributed by atoms with Crippen LogP contribution in [-0.4, -0.2) is 49.2 Å². The van der Waals surface area contributed by atoms with E-state index in [-0.39, 0.29) is 30.2 Å². The van der Waals surface area contributed by atoms with Crippen LogP contribution >= 0.6 is 0 Å². The van der Waals surface area contributed by atoms with E-state index < -0.39 is 16.1 Å². The molecule has 0 aromatic heterocycles. The molecule has 0 aliphatic carbocycles. The highest BCUT2D eigenvalue weighted by Gasteiger charge is 2.38. The summed E-state index contributed by atoms with van der Waals surface area (Å²) in [5.74, 6) is 0. The van der Waals surface area contributed by atoms with Crippen LogP contribution in [0.15, 0.2) is 29.2 Å². The molecule has 3 atom stereocenters. The summed E-state index contributed by atoms with van der Waals surface area (Å²) in [6.45, 7) is 5.56. The topological polar surface area (TPSA) is 66.8 Å². The first kappa shape index (κ1) is 15.4. The monoisotopic (exact) mass is 299 g/mol. The Hall–Kier alpha value is -0.950. The lowest BCUT2D eigenvalue weighted by atomic mass is 10.1. The molecule has 1 aromatic rings. The van der Waals surface area contributed by atoms with Crippen molar-refractivity contribution in [2.45, 2.75) is 43.9 Å². The lowest BCUT2D eigenvalue weighted by Crippen LogP contribution is -2.55. The van der Waals surface area contributed by atoms with Crippen LogP contribution in [-0.2, 0) is 14.8 Å². The van der Waals surface area contributed by atoms with Gasteiger partial charge in [-0.3, -0.25) is 0 Å². The van der Waals surface area contributed by atoms with Gasteiger partial charge in [0.2, 0.25) is 10.0 Å². The maximum Gasteiger partial charge on any atom is 0.243 e. The van der Waals surface area contributed by atoms with Gasteiger partial charge in [0, 0.05) is 12.6 Å².